The number of carbonyl (C=O) groups is 2. The smallest absolute Gasteiger partial charge is 0.271 e. The maximum absolute atomic E-state index is 12.7. The maximum Gasteiger partial charge on any atom is 0.271 e. The Balaban J connectivity index is 1.91. The van der Waals surface area contributed by atoms with Crippen LogP contribution in [-0.4, -0.2) is 46.4 Å². The van der Waals surface area contributed by atoms with Gasteiger partial charge in [-0.05, 0) is 18.9 Å². The van der Waals surface area contributed by atoms with Crippen molar-refractivity contribution < 1.29 is 14.7 Å². The highest BCUT2D eigenvalue weighted by molar-refractivity contribution is 5.98. The van der Waals surface area contributed by atoms with Gasteiger partial charge in [-0.3, -0.25) is 14.3 Å². The molecule has 7 heteroatoms. The number of aliphatic hydroxyl groups is 1. The molecule has 2 aromatic rings. The standard InChI is InChI=1S/C18H22N4O3/c1-11(12-6-4-3-5-7-12)22-16(9-15(21-22)17(24)19-2)18(25)20-14-8-13(14)10-23/h3-7,9,11,13-14,23H,8,10H2,1-2H3,(H,19,24)(H,20,25)/t11?,13-,14?/m1/s1. The molecular formula is C18H22N4O3. The number of hydrogen-bond donors (Lipinski definition) is 3. The minimum absolute atomic E-state index is 0.0173. The third-order valence-corrected chi connectivity index (χ3v) is 4.55. The first-order chi connectivity index (χ1) is 12.0. The summed E-state index contributed by atoms with van der Waals surface area (Å²) in [5.74, 6) is -0.510. The van der Waals surface area contributed by atoms with Crippen LogP contribution in [0, 0.1) is 5.92 Å². The third-order valence-electron chi connectivity index (χ3n) is 4.55. The number of amides is 2. The molecule has 0 radical (unpaired) electrons. The zero-order chi connectivity index (χ0) is 18.0. The molecule has 3 N–H and O–H groups in total. The molecule has 132 valence electrons. The Morgan fingerprint density at radius 3 is 2.64 bits per heavy atom. The lowest BCUT2D eigenvalue weighted by molar-refractivity contribution is 0.0932. The summed E-state index contributed by atoms with van der Waals surface area (Å²) in [5.41, 5.74) is 1.52. The Morgan fingerprint density at radius 2 is 2.04 bits per heavy atom. The van der Waals surface area contributed by atoms with E-state index in [-0.39, 0.29) is 42.1 Å². The quantitative estimate of drug-likeness (QED) is 0.729. The monoisotopic (exact) mass is 342 g/mol. The lowest BCUT2D eigenvalue weighted by atomic mass is 10.1. The lowest BCUT2D eigenvalue weighted by Crippen LogP contribution is -2.30. The van der Waals surface area contributed by atoms with Gasteiger partial charge >= 0.3 is 0 Å². The highest BCUT2D eigenvalue weighted by atomic mass is 16.3. The molecule has 1 aromatic carbocycles. The van der Waals surface area contributed by atoms with Crippen molar-refractivity contribution in [3.8, 4) is 0 Å². The molecule has 2 amide bonds. The summed E-state index contributed by atoms with van der Waals surface area (Å²) in [5, 5.41) is 18.9. The molecule has 1 fully saturated rings. The fourth-order valence-electron chi connectivity index (χ4n) is 2.84. The van der Waals surface area contributed by atoms with Crippen molar-refractivity contribution in [2.45, 2.75) is 25.4 Å². The first-order valence-electron chi connectivity index (χ1n) is 8.33. The van der Waals surface area contributed by atoms with Gasteiger partial charge in [0.2, 0.25) is 0 Å². The van der Waals surface area contributed by atoms with Gasteiger partial charge in [0.25, 0.3) is 11.8 Å². The zero-order valence-electron chi connectivity index (χ0n) is 14.3. The second-order valence-electron chi connectivity index (χ2n) is 6.28. The van der Waals surface area contributed by atoms with E-state index in [1.807, 2.05) is 37.3 Å². The number of rotatable bonds is 6. The minimum atomic E-state index is -0.340. The number of aliphatic hydroxyl groups excluding tert-OH is 1. The summed E-state index contributed by atoms with van der Waals surface area (Å²) in [6, 6.07) is 11.0. The first-order valence-corrected chi connectivity index (χ1v) is 8.33. The Kier molecular flexibility index (Phi) is 4.85. The Hall–Kier alpha value is -2.67. The van der Waals surface area contributed by atoms with Crippen molar-refractivity contribution in [2.75, 3.05) is 13.7 Å². The Morgan fingerprint density at radius 1 is 1.32 bits per heavy atom. The fraction of sp³-hybridized carbons (Fsp3) is 0.389. The number of benzene rings is 1. The molecule has 2 unspecified atom stereocenters. The van der Waals surface area contributed by atoms with E-state index in [9.17, 15) is 9.59 Å². The van der Waals surface area contributed by atoms with Gasteiger partial charge in [-0.15, -0.1) is 0 Å². The van der Waals surface area contributed by atoms with Crippen LogP contribution in [0.1, 0.15) is 45.9 Å². The van der Waals surface area contributed by atoms with E-state index < -0.39 is 0 Å². The largest absolute Gasteiger partial charge is 0.396 e. The van der Waals surface area contributed by atoms with Crippen LogP contribution in [0.25, 0.3) is 0 Å². The average Bonchev–Trinajstić information content (AvgIpc) is 3.24. The van der Waals surface area contributed by atoms with Gasteiger partial charge < -0.3 is 15.7 Å². The molecule has 3 rings (SSSR count). The predicted molar refractivity (Wildman–Crippen MR) is 92.3 cm³/mol. The van der Waals surface area contributed by atoms with Gasteiger partial charge in [0.05, 0.1) is 6.04 Å². The van der Waals surface area contributed by atoms with E-state index >= 15 is 0 Å². The summed E-state index contributed by atoms with van der Waals surface area (Å²) in [6.45, 7) is 1.99. The molecular weight excluding hydrogens is 320 g/mol. The second-order valence-corrected chi connectivity index (χ2v) is 6.28. The third kappa shape index (κ3) is 3.56. The molecule has 3 atom stereocenters. The molecule has 25 heavy (non-hydrogen) atoms. The van der Waals surface area contributed by atoms with Crippen molar-refractivity contribution in [2.24, 2.45) is 5.92 Å². The molecule has 0 saturated heterocycles. The predicted octanol–water partition coefficient (Wildman–Crippen LogP) is 0.963. The Labute approximate surface area is 146 Å². The number of nitrogens with one attached hydrogen (secondary N) is 2. The number of nitrogens with zero attached hydrogens (tertiary/aromatic N) is 2. The summed E-state index contributed by atoms with van der Waals surface area (Å²) in [6.07, 6.45) is 0.771. The SMILES string of the molecule is CNC(=O)c1cc(C(=O)NC2C[C@@H]2CO)n(C(C)c2ccccc2)n1. The van der Waals surface area contributed by atoms with Gasteiger partial charge in [0.15, 0.2) is 5.69 Å². The van der Waals surface area contributed by atoms with Crippen LogP contribution >= 0.6 is 0 Å². The lowest BCUT2D eigenvalue weighted by Gasteiger charge is -2.16. The van der Waals surface area contributed by atoms with Crippen molar-refractivity contribution in [1.29, 1.82) is 0 Å². The normalized spacial score (nSPS) is 20.0. The summed E-state index contributed by atoms with van der Waals surface area (Å²) >= 11 is 0. The number of carbonyl (C=O) groups excluding carboxylic acids is 2. The van der Waals surface area contributed by atoms with Crippen LogP contribution in [0.5, 0.6) is 0 Å². The molecule has 0 aliphatic heterocycles. The zero-order valence-corrected chi connectivity index (χ0v) is 14.3. The van der Waals surface area contributed by atoms with Gasteiger partial charge in [0, 0.05) is 31.7 Å². The van der Waals surface area contributed by atoms with E-state index in [1.165, 1.54) is 13.1 Å². The Bertz CT molecular complexity index is 772. The molecule has 7 nitrogen and oxygen atoms in total. The van der Waals surface area contributed by atoms with E-state index in [0.29, 0.717) is 5.69 Å². The molecule has 1 aromatic heterocycles. The van der Waals surface area contributed by atoms with Crippen LogP contribution in [0.3, 0.4) is 0 Å². The van der Waals surface area contributed by atoms with E-state index in [1.54, 1.807) is 4.68 Å². The highest BCUT2D eigenvalue weighted by Crippen LogP contribution is 2.30. The number of hydrogen-bond acceptors (Lipinski definition) is 4. The van der Waals surface area contributed by atoms with Crippen LogP contribution in [-0.2, 0) is 0 Å². The highest BCUT2D eigenvalue weighted by Gasteiger charge is 2.38. The molecule has 0 spiro atoms. The van der Waals surface area contributed by atoms with Crippen molar-refractivity contribution in [1.82, 2.24) is 20.4 Å². The maximum atomic E-state index is 12.7. The molecule has 1 saturated carbocycles. The van der Waals surface area contributed by atoms with E-state index in [0.717, 1.165) is 12.0 Å². The molecule has 1 aliphatic rings. The minimum Gasteiger partial charge on any atom is -0.396 e. The topological polar surface area (TPSA) is 96.3 Å². The number of aromatic nitrogens is 2. The first kappa shape index (κ1) is 17.2. The van der Waals surface area contributed by atoms with Gasteiger partial charge in [-0.25, -0.2) is 0 Å². The van der Waals surface area contributed by atoms with Crippen LogP contribution in [0.15, 0.2) is 36.4 Å². The van der Waals surface area contributed by atoms with Crippen molar-refractivity contribution >= 4 is 11.8 Å². The van der Waals surface area contributed by atoms with Crippen molar-refractivity contribution in [3.05, 3.63) is 53.3 Å². The van der Waals surface area contributed by atoms with Crippen LogP contribution < -0.4 is 10.6 Å². The molecule has 0 bridgehead atoms. The summed E-state index contributed by atoms with van der Waals surface area (Å²) in [7, 11) is 1.53. The molecule has 1 aliphatic carbocycles. The van der Waals surface area contributed by atoms with Gasteiger partial charge in [-0.2, -0.15) is 5.10 Å². The summed E-state index contributed by atoms with van der Waals surface area (Å²) < 4.78 is 1.57. The van der Waals surface area contributed by atoms with E-state index in [2.05, 4.69) is 15.7 Å². The second kappa shape index (κ2) is 7.06. The summed E-state index contributed by atoms with van der Waals surface area (Å²) in [4.78, 5) is 24.6. The van der Waals surface area contributed by atoms with Gasteiger partial charge in [-0.1, -0.05) is 30.3 Å². The van der Waals surface area contributed by atoms with Crippen molar-refractivity contribution in [3.63, 3.8) is 0 Å². The van der Waals surface area contributed by atoms with Crippen LogP contribution in [0.4, 0.5) is 0 Å². The van der Waals surface area contributed by atoms with E-state index in [4.69, 9.17) is 5.11 Å². The van der Waals surface area contributed by atoms with Crippen LogP contribution in [0.2, 0.25) is 0 Å². The van der Waals surface area contributed by atoms with Gasteiger partial charge in [0.1, 0.15) is 5.69 Å². The molecule has 1 heterocycles. The average molecular weight is 342 g/mol. The fourth-order valence-corrected chi connectivity index (χ4v) is 2.84.